The second-order valence-electron chi connectivity index (χ2n) is 4.17. The summed E-state index contributed by atoms with van der Waals surface area (Å²) >= 11 is 0. The largest absolute Gasteiger partial charge is 0.268 e. The van der Waals surface area contributed by atoms with Gasteiger partial charge < -0.3 is 0 Å². The van der Waals surface area contributed by atoms with Gasteiger partial charge in [0.1, 0.15) is 12.2 Å². The van der Waals surface area contributed by atoms with Crippen LogP contribution in [0.3, 0.4) is 0 Å². The molecule has 0 aliphatic rings. The van der Waals surface area contributed by atoms with Gasteiger partial charge in [0.15, 0.2) is 5.65 Å². The van der Waals surface area contributed by atoms with Gasteiger partial charge >= 0.3 is 0 Å². The maximum absolute atomic E-state index is 4.41. The predicted molar refractivity (Wildman–Crippen MR) is 62.4 cm³/mol. The van der Waals surface area contributed by atoms with E-state index in [1.807, 2.05) is 28.7 Å². The Morgan fingerprint density at radius 2 is 1.94 bits per heavy atom. The van der Waals surface area contributed by atoms with E-state index in [1.165, 1.54) is 0 Å². The van der Waals surface area contributed by atoms with Crippen molar-refractivity contribution in [3.8, 4) is 0 Å². The Labute approximate surface area is 93.0 Å². The van der Waals surface area contributed by atoms with Crippen LogP contribution < -0.4 is 0 Å². The van der Waals surface area contributed by atoms with Crippen molar-refractivity contribution < 1.29 is 0 Å². The van der Waals surface area contributed by atoms with Crippen LogP contribution in [-0.2, 0) is 0 Å². The van der Waals surface area contributed by atoms with Crippen LogP contribution >= 0.6 is 0 Å². The maximum Gasteiger partial charge on any atom is 0.171 e. The van der Waals surface area contributed by atoms with Crippen LogP contribution in [0.25, 0.3) is 16.6 Å². The van der Waals surface area contributed by atoms with Crippen LogP contribution in [0.15, 0.2) is 30.6 Å². The Kier molecular flexibility index (Phi) is 1.89. The lowest BCUT2D eigenvalue weighted by atomic mass is 10.2. The Morgan fingerprint density at radius 3 is 2.75 bits per heavy atom. The Morgan fingerprint density at radius 1 is 1.12 bits per heavy atom. The fraction of sp³-hybridized carbons (Fsp3) is 0.250. The molecule has 0 aliphatic heterocycles. The predicted octanol–water partition coefficient (Wildman–Crippen LogP) is 2.40. The summed E-state index contributed by atoms with van der Waals surface area (Å²) in [6.07, 6.45) is 1.80. The molecule has 2 aromatic heterocycles. The molecule has 0 radical (unpaired) electrons. The van der Waals surface area contributed by atoms with Crippen LogP contribution in [0.5, 0.6) is 0 Å². The van der Waals surface area contributed by atoms with Crippen LogP contribution in [0.4, 0.5) is 0 Å². The van der Waals surface area contributed by atoms with Gasteiger partial charge in [-0.15, -0.1) is 10.2 Å². The van der Waals surface area contributed by atoms with Crippen LogP contribution in [-0.4, -0.2) is 19.6 Å². The van der Waals surface area contributed by atoms with E-state index in [0.29, 0.717) is 5.92 Å². The Hall–Kier alpha value is -1.97. The third kappa shape index (κ3) is 1.19. The molecule has 3 aromatic rings. The Balaban J connectivity index is 2.45. The average molecular weight is 212 g/mol. The SMILES string of the molecule is CC(C)c1nnc2c3ccccc3ncn12. The van der Waals surface area contributed by atoms with Crippen LogP contribution in [0, 0.1) is 0 Å². The van der Waals surface area contributed by atoms with Crippen molar-refractivity contribution in [2.45, 2.75) is 19.8 Å². The zero-order valence-corrected chi connectivity index (χ0v) is 9.25. The van der Waals surface area contributed by atoms with Gasteiger partial charge in [-0.05, 0) is 12.1 Å². The summed E-state index contributed by atoms with van der Waals surface area (Å²) in [6, 6.07) is 7.98. The molecule has 0 saturated heterocycles. The smallest absolute Gasteiger partial charge is 0.171 e. The fourth-order valence-corrected chi connectivity index (χ4v) is 1.89. The molecule has 0 unspecified atom stereocenters. The summed E-state index contributed by atoms with van der Waals surface area (Å²) in [5.41, 5.74) is 1.84. The van der Waals surface area contributed by atoms with Crippen molar-refractivity contribution in [1.82, 2.24) is 19.6 Å². The number of nitrogens with zero attached hydrogens (tertiary/aromatic N) is 4. The summed E-state index contributed by atoms with van der Waals surface area (Å²) in [5.74, 6) is 1.30. The van der Waals surface area contributed by atoms with E-state index in [2.05, 4.69) is 29.0 Å². The molecule has 3 rings (SSSR count). The van der Waals surface area contributed by atoms with E-state index in [-0.39, 0.29) is 0 Å². The summed E-state index contributed by atoms with van der Waals surface area (Å²) in [7, 11) is 0. The molecule has 0 bridgehead atoms. The zero-order valence-electron chi connectivity index (χ0n) is 9.25. The highest BCUT2D eigenvalue weighted by molar-refractivity contribution is 5.90. The molecule has 0 amide bonds. The topological polar surface area (TPSA) is 43.1 Å². The molecule has 0 saturated carbocycles. The standard InChI is InChI=1S/C12H12N4/c1-8(2)11-14-15-12-9-5-3-4-6-10(9)13-7-16(11)12/h3-8H,1-2H3. The average Bonchev–Trinajstić information content (AvgIpc) is 2.73. The van der Waals surface area contributed by atoms with Crippen LogP contribution in [0.1, 0.15) is 25.6 Å². The van der Waals surface area contributed by atoms with Crippen LogP contribution in [0.2, 0.25) is 0 Å². The van der Waals surface area contributed by atoms with Crippen molar-refractivity contribution >= 4 is 16.6 Å². The third-order valence-corrected chi connectivity index (χ3v) is 2.70. The summed E-state index contributed by atoms with van der Waals surface area (Å²) in [5, 5.41) is 9.50. The van der Waals surface area contributed by atoms with Gasteiger partial charge in [0.2, 0.25) is 0 Å². The minimum atomic E-state index is 0.345. The number of fused-ring (bicyclic) bond motifs is 3. The first kappa shape index (κ1) is 9.27. The molecule has 4 nitrogen and oxygen atoms in total. The number of aromatic nitrogens is 4. The highest BCUT2D eigenvalue weighted by Gasteiger charge is 2.11. The maximum atomic E-state index is 4.41. The number of para-hydroxylation sites is 1. The van der Waals surface area contributed by atoms with Gasteiger partial charge in [0.05, 0.1) is 5.52 Å². The molecule has 1 aromatic carbocycles. The molecule has 0 aliphatic carbocycles. The minimum absolute atomic E-state index is 0.345. The third-order valence-electron chi connectivity index (χ3n) is 2.70. The second kappa shape index (κ2) is 3.27. The molecule has 80 valence electrons. The first-order valence-corrected chi connectivity index (χ1v) is 5.36. The normalized spacial score (nSPS) is 11.7. The summed E-state index contributed by atoms with van der Waals surface area (Å²) < 4.78 is 1.97. The summed E-state index contributed by atoms with van der Waals surface area (Å²) in [4.78, 5) is 4.41. The molecule has 0 N–H and O–H groups in total. The van der Waals surface area contributed by atoms with Gasteiger partial charge in [-0.25, -0.2) is 4.98 Å². The number of hydrogen-bond donors (Lipinski definition) is 0. The van der Waals surface area contributed by atoms with Crippen molar-refractivity contribution in [2.75, 3.05) is 0 Å². The molecular weight excluding hydrogens is 200 g/mol. The monoisotopic (exact) mass is 212 g/mol. The lowest BCUT2D eigenvalue weighted by Crippen LogP contribution is -1.97. The molecule has 4 heteroatoms. The van der Waals surface area contributed by atoms with Crippen molar-refractivity contribution in [1.29, 1.82) is 0 Å². The van der Waals surface area contributed by atoms with Gasteiger partial charge in [-0.1, -0.05) is 26.0 Å². The first-order chi connectivity index (χ1) is 7.77. The number of benzene rings is 1. The van der Waals surface area contributed by atoms with Crippen molar-refractivity contribution in [3.05, 3.63) is 36.4 Å². The summed E-state index contributed by atoms with van der Waals surface area (Å²) in [6.45, 7) is 4.21. The Bertz CT molecular complexity index is 654. The lowest BCUT2D eigenvalue weighted by molar-refractivity contribution is 0.755. The van der Waals surface area contributed by atoms with Gasteiger partial charge in [-0.2, -0.15) is 0 Å². The zero-order chi connectivity index (χ0) is 11.1. The van der Waals surface area contributed by atoms with Gasteiger partial charge in [0.25, 0.3) is 0 Å². The molecular formula is C12H12N4. The lowest BCUT2D eigenvalue weighted by Gasteiger charge is -2.03. The van der Waals surface area contributed by atoms with E-state index >= 15 is 0 Å². The van der Waals surface area contributed by atoms with Gasteiger partial charge in [0, 0.05) is 11.3 Å². The van der Waals surface area contributed by atoms with Crippen molar-refractivity contribution in [3.63, 3.8) is 0 Å². The van der Waals surface area contributed by atoms with E-state index in [9.17, 15) is 0 Å². The van der Waals surface area contributed by atoms with E-state index < -0.39 is 0 Å². The van der Waals surface area contributed by atoms with Gasteiger partial charge in [-0.3, -0.25) is 4.40 Å². The molecule has 0 spiro atoms. The quantitative estimate of drug-likeness (QED) is 0.622. The molecule has 16 heavy (non-hydrogen) atoms. The van der Waals surface area contributed by atoms with E-state index in [4.69, 9.17) is 0 Å². The fourth-order valence-electron chi connectivity index (χ4n) is 1.89. The second-order valence-corrected chi connectivity index (χ2v) is 4.17. The molecule has 2 heterocycles. The first-order valence-electron chi connectivity index (χ1n) is 5.36. The number of rotatable bonds is 1. The minimum Gasteiger partial charge on any atom is -0.268 e. The van der Waals surface area contributed by atoms with E-state index in [0.717, 1.165) is 22.4 Å². The highest BCUT2D eigenvalue weighted by atomic mass is 15.3. The highest BCUT2D eigenvalue weighted by Crippen LogP contribution is 2.19. The van der Waals surface area contributed by atoms with Crippen molar-refractivity contribution in [2.24, 2.45) is 0 Å². The molecule has 0 fully saturated rings. The number of hydrogen-bond acceptors (Lipinski definition) is 3. The van der Waals surface area contributed by atoms with E-state index in [1.54, 1.807) is 6.33 Å². The molecule has 0 atom stereocenters.